The van der Waals surface area contributed by atoms with Crippen molar-refractivity contribution in [2.45, 2.75) is 0 Å². The molecule has 2 aromatic carbocycles. The van der Waals surface area contributed by atoms with E-state index in [0.717, 1.165) is 11.1 Å². The Kier molecular flexibility index (Phi) is 3.02. The van der Waals surface area contributed by atoms with Gasteiger partial charge in [-0.3, -0.25) is 0 Å². The second-order valence-corrected chi connectivity index (χ2v) is 3.27. The zero-order valence-electron chi connectivity index (χ0n) is 8.64. The molecule has 0 aromatic heterocycles. The van der Waals surface area contributed by atoms with Crippen LogP contribution in [-0.4, -0.2) is 0 Å². The number of hydrogen-bond acceptors (Lipinski definition) is 0. The van der Waals surface area contributed by atoms with Crippen molar-refractivity contribution in [3.63, 3.8) is 0 Å². The molecule has 1 heteroatoms. The molecule has 0 aliphatic rings. The van der Waals surface area contributed by atoms with Gasteiger partial charge in [-0.2, -0.15) is 0 Å². The van der Waals surface area contributed by atoms with Gasteiger partial charge < -0.3 is 0 Å². The minimum Gasteiger partial charge on any atom is -0.238 e. The molecule has 2 rings (SSSR count). The molecule has 0 N–H and O–H groups in total. The van der Waals surface area contributed by atoms with Gasteiger partial charge in [0.05, 0.1) is 6.57 Å². The maximum absolute atomic E-state index is 6.84. The fourth-order valence-electron chi connectivity index (χ4n) is 1.29. The highest BCUT2D eigenvalue weighted by atomic mass is 14.6. The normalized spacial score (nSPS) is 8.69. The van der Waals surface area contributed by atoms with Gasteiger partial charge in [-0.15, -0.1) is 0 Å². The van der Waals surface area contributed by atoms with Crippen LogP contribution in [0.2, 0.25) is 0 Å². The van der Waals surface area contributed by atoms with Crippen molar-refractivity contribution in [2.24, 2.45) is 0 Å². The van der Waals surface area contributed by atoms with E-state index >= 15 is 0 Å². The zero-order valence-corrected chi connectivity index (χ0v) is 8.64. The Balaban J connectivity index is 2.22. The molecule has 0 atom stereocenters. The molecule has 0 bridgehead atoms. The van der Waals surface area contributed by atoms with E-state index in [9.17, 15) is 0 Å². The Hall–Kier alpha value is -2.51. The lowest BCUT2D eigenvalue weighted by Gasteiger charge is -1.90. The third kappa shape index (κ3) is 2.50. The summed E-state index contributed by atoms with van der Waals surface area (Å²) in [6, 6.07) is 17.1. The maximum atomic E-state index is 6.84. The molecule has 16 heavy (non-hydrogen) atoms. The fraction of sp³-hybridized carbons (Fsp3) is 0. The molecule has 1 nitrogen and oxygen atoms in total. The molecule has 0 amide bonds. The average Bonchev–Trinajstić information content (AvgIpc) is 2.38. The van der Waals surface area contributed by atoms with Gasteiger partial charge in [0.25, 0.3) is 0 Å². The predicted molar refractivity (Wildman–Crippen MR) is 65.1 cm³/mol. The van der Waals surface area contributed by atoms with Crippen molar-refractivity contribution in [3.05, 3.63) is 77.1 Å². The molecule has 0 unspecified atom stereocenters. The van der Waals surface area contributed by atoms with Crippen molar-refractivity contribution in [1.29, 1.82) is 0 Å². The number of rotatable bonds is 0. The van der Waals surface area contributed by atoms with Gasteiger partial charge in [-0.25, -0.2) is 4.85 Å². The molecule has 0 radical (unpaired) electrons. The van der Waals surface area contributed by atoms with Crippen molar-refractivity contribution in [1.82, 2.24) is 0 Å². The largest absolute Gasteiger partial charge is 0.238 e. The van der Waals surface area contributed by atoms with Gasteiger partial charge in [0.2, 0.25) is 0 Å². The molecule has 0 saturated heterocycles. The molecule has 0 saturated carbocycles. The predicted octanol–water partition coefficient (Wildman–Crippen LogP) is 3.64. The summed E-state index contributed by atoms with van der Waals surface area (Å²) in [6.45, 7) is 6.84. The summed E-state index contributed by atoms with van der Waals surface area (Å²) in [6.07, 6.45) is 0. The first-order valence-electron chi connectivity index (χ1n) is 4.93. The third-order valence-electron chi connectivity index (χ3n) is 2.12. The zero-order chi connectivity index (χ0) is 11.2. The van der Waals surface area contributed by atoms with Gasteiger partial charge in [-0.1, -0.05) is 54.3 Å². The fourth-order valence-corrected chi connectivity index (χ4v) is 1.29. The molecule has 0 fully saturated rings. The van der Waals surface area contributed by atoms with Gasteiger partial charge >= 0.3 is 0 Å². The molecule has 74 valence electrons. The first-order valence-corrected chi connectivity index (χ1v) is 4.93. The summed E-state index contributed by atoms with van der Waals surface area (Å²) >= 11 is 0. The molecule has 2 aromatic rings. The van der Waals surface area contributed by atoms with Crippen LogP contribution in [0.15, 0.2) is 54.6 Å². The monoisotopic (exact) mass is 203 g/mol. The van der Waals surface area contributed by atoms with Gasteiger partial charge in [0.15, 0.2) is 5.69 Å². The van der Waals surface area contributed by atoms with Gasteiger partial charge in [0, 0.05) is 11.1 Å². The maximum Gasteiger partial charge on any atom is 0.187 e. The highest BCUT2D eigenvalue weighted by molar-refractivity contribution is 5.50. The average molecular weight is 203 g/mol. The first kappa shape index (κ1) is 10.0. The molecular weight excluding hydrogens is 194 g/mol. The molecule has 0 heterocycles. The smallest absolute Gasteiger partial charge is 0.187 e. The Labute approximate surface area is 95.2 Å². The summed E-state index contributed by atoms with van der Waals surface area (Å²) in [5.41, 5.74) is 2.57. The Morgan fingerprint density at radius 1 is 0.750 bits per heavy atom. The molecule has 0 aliphatic carbocycles. The lowest BCUT2D eigenvalue weighted by molar-refractivity contribution is 1.63. The van der Waals surface area contributed by atoms with Crippen LogP contribution in [0.25, 0.3) is 4.85 Å². The molecule has 0 aliphatic heterocycles. The van der Waals surface area contributed by atoms with Crippen molar-refractivity contribution in [2.75, 3.05) is 0 Å². The van der Waals surface area contributed by atoms with Crippen LogP contribution < -0.4 is 0 Å². The first-order chi connectivity index (χ1) is 7.88. The van der Waals surface area contributed by atoms with Crippen LogP contribution in [0.5, 0.6) is 0 Å². The minimum atomic E-state index is 0.644. The van der Waals surface area contributed by atoms with Crippen LogP contribution in [0.3, 0.4) is 0 Å². The SMILES string of the molecule is [C-]#[N+]c1ccc(C#Cc2ccccc2)cc1. The van der Waals surface area contributed by atoms with E-state index < -0.39 is 0 Å². The van der Waals surface area contributed by atoms with E-state index in [1.54, 1.807) is 12.1 Å². The lowest BCUT2D eigenvalue weighted by atomic mass is 10.2. The Bertz CT molecular complexity index is 563. The summed E-state index contributed by atoms with van der Waals surface area (Å²) in [5.74, 6) is 6.13. The van der Waals surface area contributed by atoms with Crippen molar-refractivity contribution >= 4 is 5.69 Å². The van der Waals surface area contributed by atoms with E-state index in [2.05, 4.69) is 16.7 Å². The van der Waals surface area contributed by atoms with Crippen molar-refractivity contribution < 1.29 is 0 Å². The second-order valence-electron chi connectivity index (χ2n) is 3.27. The minimum absolute atomic E-state index is 0.644. The summed E-state index contributed by atoms with van der Waals surface area (Å²) in [4.78, 5) is 3.33. The van der Waals surface area contributed by atoms with Gasteiger partial charge in [-0.05, 0) is 12.1 Å². The molecule has 0 spiro atoms. The van der Waals surface area contributed by atoms with Crippen LogP contribution in [-0.2, 0) is 0 Å². The van der Waals surface area contributed by atoms with Crippen LogP contribution in [0.1, 0.15) is 11.1 Å². The van der Waals surface area contributed by atoms with Crippen LogP contribution >= 0.6 is 0 Å². The van der Waals surface area contributed by atoms with E-state index in [-0.39, 0.29) is 0 Å². The summed E-state index contributed by atoms with van der Waals surface area (Å²) in [5, 5.41) is 0. The highest BCUT2D eigenvalue weighted by Gasteiger charge is 1.89. The topological polar surface area (TPSA) is 4.36 Å². The van der Waals surface area contributed by atoms with E-state index in [1.165, 1.54) is 0 Å². The third-order valence-corrected chi connectivity index (χ3v) is 2.12. The lowest BCUT2D eigenvalue weighted by Crippen LogP contribution is -1.74. The van der Waals surface area contributed by atoms with Gasteiger partial charge in [0.1, 0.15) is 0 Å². The molecular formula is C15H9N. The number of benzene rings is 2. The number of nitrogens with zero attached hydrogens (tertiary/aromatic N) is 1. The highest BCUT2D eigenvalue weighted by Crippen LogP contribution is 2.11. The Morgan fingerprint density at radius 2 is 1.31 bits per heavy atom. The quantitative estimate of drug-likeness (QED) is 0.455. The van der Waals surface area contributed by atoms with Crippen molar-refractivity contribution in [3.8, 4) is 11.8 Å². The van der Waals surface area contributed by atoms with Crippen LogP contribution in [0, 0.1) is 18.4 Å². The van der Waals surface area contributed by atoms with Crippen LogP contribution in [0.4, 0.5) is 5.69 Å². The number of hydrogen-bond donors (Lipinski definition) is 0. The van der Waals surface area contributed by atoms with E-state index in [0.29, 0.717) is 5.69 Å². The van der Waals surface area contributed by atoms with E-state index in [4.69, 9.17) is 6.57 Å². The summed E-state index contributed by atoms with van der Waals surface area (Å²) < 4.78 is 0. The second kappa shape index (κ2) is 4.82. The van der Waals surface area contributed by atoms with E-state index in [1.807, 2.05) is 42.5 Å². The summed E-state index contributed by atoms with van der Waals surface area (Å²) in [7, 11) is 0. The Morgan fingerprint density at radius 3 is 1.88 bits per heavy atom. The standard InChI is InChI=1S/C15H9N/c1-16-15-11-9-14(10-12-15)8-7-13-5-3-2-4-6-13/h2-6,9-12H.